The van der Waals surface area contributed by atoms with Gasteiger partial charge in [-0.15, -0.1) is 0 Å². The number of methoxy groups -OCH3 is 1. The van der Waals surface area contributed by atoms with E-state index >= 15 is 0 Å². The van der Waals surface area contributed by atoms with Crippen molar-refractivity contribution >= 4 is 49.2 Å². The Bertz CT molecular complexity index is 642. The van der Waals surface area contributed by atoms with Crippen LogP contribution in [0.2, 0.25) is 0 Å². The fourth-order valence-corrected chi connectivity index (χ4v) is 2.89. The van der Waals surface area contributed by atoms with Crippen LogP contribution in [-0.4, -0.2) is 18.2 Å². The summed E-state index contributed by atoms with van der Waals surface area (Å²) in [6, 6.07) is 10.3. The number of halogens is 2. The Morgan fingerprint density at radius 2 is 1.80 bits per heavy atom. The zero-order valence-corrected chi connectivity index (χ0v) is 13.7. The molecule has 0 unspecified atom stereocenters. The highest BCUT2D eigenvalue weighted by Gasteiger charge is 2.08. The second-order valence-corrected chi connectivity index (χ2v) is 5.68. The smallest absolute Gasteiger partial charge is 0.335 e. The van der Waals surface area contributed by atoms with Gasteiger partial charge in [0.1, 0.15) is 5.75 Å². The van der Waals surface area contributed by atoms with Crippen molar-refractivity contribution in [3.05, 3.63) is 50.9 Å². The molecule has 4 nitrogen and oxygen atoms in total. The average molecular weight is 401 g/mol. The van der Waals surface area contributed by atoms with Crippen molar-refractivity contribution in [3.63, 3.8) is 0 Å². The van der Waals surface area contributed by atoms with E-state index in [1.807, 2.05) is 12.1 Å². The maximum atomic E-state index is 10.8. The Hall–Kier alpha value is -1.53. The van der Waals surface area contributed by atoms with E-state index in [1.54, 1.807) is 31.4 Å². The summed E-state index contributed by atoms with van der Waals surface area (Å²) in [5, 5.41) is 12.1. The molecule has 2 rings (SSSR count). The molecule has 0 saturated carbocycles. The SMILES string of the molecule is COc1cc(Nc2ccc(C(=O)O)cc2)c(Br)cc1Br. The summed E-state index contributed by atoms with van der Waals surface area (Å²) >= 11 is 6.87. The maximum Gasteiger partial charge on any atom is 0.335 e. The van der Waals surface area contributed by atoms with Gasteiger partial charge in [-0.25, -0.2) is 4.79 Å². The first-order valence-electron chi connectivity index (χ1n) is 5.64. The Kier molecular flexibility index (Phi) is 4.67. The van der Waals surface area contributed by atoms with Crippen LogP contribution in [-0.2, 0) is 0 Å². The lowest BCUT2D eigenvalue weighted by Crippen LogP contribution is -1.97. The van der Waals surface area contributed by atoms with Gasteiger partial charge in [0.05, 0.1) is 22.8 Å². The van der Waals surface area contributed by atoms with E-state index in [0.29, 0.717) is 5.75 Å². The van der Waals surface area contributed by atoms with Gasteiger partial charge < -0.3 is 15.2 Å². The van der Waals surface area contributed by atoms with Gasteiger partial charge in [-0.1, -0.05) is 0 Å². The van der Waals surface area contributed by atoms with Crippen molar-refractivity contribution in [3.8, 4) is 5.75 Å². The molecule has 0 aliphatic rings. The molecule has 0 aliphatic heterocycles. The zero-order chi connectivity index (χ0) is 14.7. The fraction of sp³-hybridized carbons (Fsp3) is 0.0714. The molecule has 20 heavy (non-hydrogen) atoms. The summed E-state index contributed by atoms with van der Waals surface area (Å²) < 4.78 is 6.96. The van der Waals surface area contributed by atoms with Crippen LogP contribution < -0.4 is 10.1 Å². The third-order valence-electron chi connectivity index (χ3n) is 2.65. The minimum Gasteiger partial charge on any atom is -0.495 e. The van der Waals surface area contributed by atoms with Crippen LogP contribution >= 0.6 is 31.9 Å². The highest BCUT2D eigenvalue weighted by Crippen LogP contribution is 2.35. The normalized spacial score (nSPS) is 10.2. The molecule has 0 spiro atoms. The lowest BCUT2D eigenvalue weighted by atomic mass is 10.2. The highest BCUT2D eigenvalue weighted by atomic mass is 79.9. The van der Waals surface area contributed by atoms with E-state index in [9.17, 15) is 4.79 Å². The topological polar surface area (TPSA) is 58.6 Å². The first kappa shape index (κ1) is 14.9. The Labute approximate surface area is 133 Å². The molecule has 2 aromatic rings. The summed E-state index contributed by atoms with van der Waals surface area (Å²) in [7, 11) is 1.60. The zero-order valence-electron chi connectivity index (χ0n) is 10.5. The van der Waals surface area contributed by atoms with E-state index in [-0.39, 0.29) is 5.56 Å². The lowest BCUT2D eigenvalue weighted by Gasteiger charge is -2.12. The Morgan fingerprint density at radius 3 is 2.35 bits per heavy atom. The molecule has 0 heterocycles. The molecular weight excluding hydrogens is 390 g/mol. The van der Waals surface area contributed by atoms with Crippen LogP contribution in [0.5, 0.6) is 5.75 Å². The van der Waals surface area contributed by atoms with Crippen LogP contribution in [0.15, 0.2) is 45.3 Å². The van der Waals surface area contributed by atoms with Crippen molar-refractivity contribution < 1.29 is 14.6 Å². The van der Waals surface area contributed by atoms with Gasteiger partial charge in [-0.3, -0.25) is 0 Å². The molecule has 0 saturated heterocycles. The van der Waals surface area contributed by atoms with Crippen LogP contribution in [0.4, 0.5) is 11.4 Å². The van der Waals surface area contributed by atoms with E-state index < -0.39 is 5.97 Å². The minimum atomic E-state index is -0.942. The number of ether oxygens (including phenoxy) is 1. The molecule has 2 N–H and O–H groups in total. The third kappa shape index (κ3) is 3.32. The number of aromatic carboxylic acids is 1. The third-order valence-corrected chi connectivity index (χ3v) is 3.93. The van der Waals surface area contributed by atoms with Crippen LogP contribution in [0.1, 0.15) is 10.4 Å². The van der Waals surface area contributed by atoms with Gasteiger partial charge in [-0.05, 0) is 62.2 Å². The summed E-state index contributed by atoms with van der Waals surface area (Å²) in [6.45, 7) is 0. The largest absolute Gasteiger partial charge is 0.495 e. The van der Waals surface area contributed by atoms with E-state index in [1.165, 1.54) is 0 Å². The molecule has 0 radical (unpaired) electrons. The summed E-state index contributed by atoms with van der Waals surface area (Å²) in [4.78, 5) is 10.8. The molecule has 0 atom stereocenters. The van der Waals surface area contributed by atoms with Crippen molar-refractivity contribution in [2.24, 2.45) is 0 Å². The first-order chi connectivity index (χ1) is 9.51. The number of carboxylic acids is 1. The summed E-state index contributed by atoms with van der Waals surface area (Å²) in [5.41, 5.74) is 1.87. The number of carboxylic acid groups (broad SMARTS) is 1. The highest BCUT2D eigenvalue weighted by molar-refractivity contribution is 9.11. The molecule has 0 aromatic heterocycles. The van der Waals surface area contributed by atoms with E-state index in [2.05, 4.69) is 37.2 Å². The molecule has 0 bridgehead atoms. The number of carbonyl (C=O) groups is 1. The van der Waals surface area contributed by atoms with Gasteiger partial charge in [0, 0.05) is 16.2 Å². The van der Waals surface area contributed by atoms with Gasteiger partial charge in [0.25, 0.3) is 0 Å². The van der Waals surface area contributed by atoms with Gasteiger partial charge >= 0.3 is 5.97 Å². The maximum absolute atomic E-state index is 10.8. The van der Waals surface area contributed by atoms with Crippen molar-refractivity contribution in [1.29, 1.82) is 0 Å². The van der Waals surface area contributed by atoms with Crippen molar-refractivity contribution in [2.75, 3.05) is 12.4 Å². The number of hydrogen-bond donors (Lipinski definition) is 2. The first-order valence-corrected chi connectivity index (χ1v) is 7.23. The predicted octanol–water partition coefficient (Wildman–Crippen LogP) is 4.66. The van der Waals surface area contributed by atoms with Crippen molar-refractivity contribution in [2.45, 2.75) is 0 Å². The Balaban J connectivity index is 2.27. The lowest BCUT2D eigenvalue weighted by molar-refractivity contribution is 0.0697. The number of anilines is 2. The summed E-state index contributed by atoms with van der Waals surface area (Å²) in [6.07, 6.45) is 0. The van der Waals surface area contributed by atoms with Gasteiger partial charge in [0.15, 0.2) is 0 Å². The minimum absolute atomic E-state index is 0.253. The molecule has 6 heteroatoms. The number of rotatable bonds is 4. The second kappa shape index (κ2) is 6.28. The molecule has 2 aromatic carbocycles. The van der Waals surface area contributed by atoms with Crippen molar-refractivity contribution in [1.82, 2.24) is 0 Å². The van der Waals surface area contributed by atoms with Gasteiger partial charge in [0.2, 0.25) is 0 Å². The number of hydrogen-bond acceptors (Lipinski definition) is 3. The second-order valence-electron chi connectivity index (χ2n) is 3.97. The van der Waals surface area contributed by atoms with Crippen LogP contribution in [0, 0.1) is 0 Å². The quantitative estimate of drug-likeness (QED) is 0.783. The molecule has 104 valence electrons. The van der Waals surface area contributed by atoms with Crippen LogP contribution in [0.3, 0.4) is 0 Å². The van der Waals surface area contributed by atoms with Crippen LogP contribution in [0.25, 0.3) is 0 Å². The fourth-order valence-electron chi connectivity index (χ4n) is 1.63. The standard InChI is InChI=1S/C14H11Br2NO3/c1-20-13-7-12(10(15)6-11(13)16)17-9-4-2-8(3-5-9)14(18)19/h2-7,17H,1H3,(H,18,19). The predicted molar refractivity (Wildman–Crippen MR) is 85.1 cm³/mol. The molecule has 0 aliphatic carbocycles. The van der Waals surface area contributed by atoms with Gasteiger partial charge in [-0.2, -0.15) is 0 Å². The molecule has 0 fully saturated rings. The average Bonchev–Trinajstić information content (AvgIpc) is 2.42. The monoisotopic (exact) mass is 399 g/mol. The summed E-state index contributed by atoms with van der Waals surface area (Å²) in [5.74, 6) is -0.235. The number of nitrogens with one attached hydrogen (secondary N) is 1. The number of benzene rings is 2. The van der Waals surface area contributed by atoms with E-state index in [4.69, 9.17) is 9.84 Å². The Morgan fingerprint density at radius 1 is 1.15 bits per heavy atom. The molecular formula is C14H11Br2NO3. The molecule has 0 amide bonds. The van der Waals surface area contributed by atoms with E-state index in [0.717, 1.165) is 20.3 Å².